The number of rotatable bonds is 4. The molecule has 2 N–H and O–H groups in total. The van der Waals surface area contributed by atoms with E-state index in [0.717, 1.165) is 50.4 Å². The van der Waals surface area contributed by atoms with Gasteiger partial charge < -0.3 is 5.73 Å². The average Bonchev–Trinajstić information content (AvgIpc) is 3.54. The molecule has 0 saturated heterocycles. The summed E-state index contributed by atoms with van der Waals surface area (Å²) in [5.74, 6) is 0.720. The van der Waals surface area contributed by atoms with Crippen LogP contribution in [0.4, 0.5) is 5.69 Å². The van der Waals surface area contributed by atoms with Crippen LogP contribution in [0.3, 0.4) is 0 Å². The second kappa shape index (κ2) is 12.4. The van der Waals surface area contributed by atoms with Crippen LogP contribution in [0.15, 0.2) is 198 Å². The minimum atomic E-state index is -0.479. The molecular weight excluding hydrogens is 687 g/mol. The Morgan fingerprint density at radius 3 is 1.73 bits per heavy atom. The van der Waals surface area contributed by atoms with Crippen molar-refractivity contribution < 1.29 is 0 Å². The highest BCUT2D eigenvalue weighted by atomic mass is 32.2. The van der Waals surface area contributed by atoms with Crippen LogP contribution in [0.1, 0.15) is 22.3 Å². The fourth-order valence-corrected chi connectivity index (χ4v) is 9.97. The van der Waals surface area contributed by atoms with Crippen LogP contribution in [-0.2, 0) is 5.41 Å². The summed E-state index contributed by atoms with van der Waals surface area (Å²) in [6.07, 6.45) is 0. The Balaban J connectivity index is 1.00. The van der Waals surface area contributed by atoms with Crippen LogP contribution in [0.2, 0.25) is 0 Å². The first-order valence-corrected chi connectivity index (χ1v) is 19.4. The van der Waals surface area contributed by atoms with E-state index < -0.39 is 5.41 Å². The zero-order valence-corrected chi connectivity index (χ0v) is 30.6. The molecule has 3 nitrogen and oxygen atoms in total. The van der Waals surface area contributed by atoms with E-state index in [2.05, 4.69) is 164 Å². The van der Waals surface area contributed by atoms with Crippen molar-refractivity contribution in [2.75, 3.05) is 5.73 Å². The molecule has 55 heavy (non-hydrogen) atoms. The van der Waals surface area contributed by atoms with Gasteiger partial charge >= 0.3 is 0 Å². The molecule has 1 spiro atoms. The Morgan fingerprint density at radius 1 is 0.400 bits per heavy atom. The predicted octanol–water partition coefficient (Wildman–Crippen LogP) is 12.7. The number of anilines is 1. The van der Waals surface area contributed by atoms with Crippen molar-refractivity contribution >= 4 is 28.4 Å². The van der Waals surface area contributed by atoms with Crippen molar-refractivity contribution in [1.29, 1.82) is 0 Å². The molecule has 2 heterocycles. The topological polar surface area (TPSA) is 51.8 Å². The Morgan fingerprint density at radius 2 is 0.964 bits per heavy atom. The third-order valence-electron chi connectivity index (χ3n) is 11.3. The maximum absolute atomic E-state index is 6.56. The number of hydrogen-bond donors (Lipinski definition) is 1. The summed E-state index contributed by atoms with van der Waals surface area (Å²) in [5, 5.41) is 1.05. The van der Waals surface area contributed by atoms with E-state index in [9.17, 15) is 0 Å². The maximum atomic E-state index is 6.56. The highest BCUT2D eigenvalue weighted by Crippen LogP contribution is 2.62. The van der Waals surface area contributed by atoms with E-state index >= 15 is 0 Å². The molecule has 11 rings (SSSR count). The van der Waals surface area contributed by atoms with Gasteiger partial charge in [-0.15, -0.1) is 0 Å². The molecule has 0 bridgehead atoms. The molecule has 4 heteroatoms. The van der Waals surface area contributed by atoms with Crippen molar-refractivity contribution in [2.24, 2.45) is 0 Å². The van der Waals surface area contributed by atoms with Gasteiger partial charge in [-0.2, -0.15) is 0 Å². The minimum Gasteiger partial charge on any atom is -0.399 e. The van der Waals surface area contributed by atoms with Crippen molar-refractivity contribution in [3.63, 3.8) is 0 Å². The molecule has 0 unspecified atom stereocenters. The standard InChI is InChI=1S/C51H33N3S/c52-38-26-28-48-45(31-38)51(42-18-7-4-15-39(42)40-16-5-8-19-43(40)51)44-30-37(25-27-47(44)55-48)36-14-10-13-35(29-36)32-21-23-34(24-22-32)50-53-46-20-9-6-17-41(46)49(54-50)33-11-2-1-3-12-33/h1-31H,52H2. The normalized spacial score (nSPS) is 13.2. The number of para-hydroxylation sites is 1. The minimum absolute atomic E-state index is 0.479. The van der Waals surface area contributed by atoms with Crippen LogP contribution in [0, 0.1) is 0 Å². The molecule has 258 valence electrons. The number of hydrogen-bond acceptors (Lipinski definition) is 4. The molecule has 0 atom stereocenters. The Kier molecular flexibility index (Phi) is 7.16. The molecule has 0 amide bonds. The summed E-state index contributed by atoms with van der Waals surface area (Å²) in [7, 11) is 0. The second-order valence-electron chi connectivity index (χ2n) is 14.3. The molecule has 0 radical (unpaired) electrons. The summed E-state index contributed by atoms with van der Waals surface area (Å²) < 4.78 is 0. The van der Waals surface area contributed by atoms with E-state index in [1.165, 1.54) is 54.3 Å². The van der Waals surface area contributed by atoms with Gasteiger partial charge in [-0.05, 0) is 98.1 Å². The predicted molar refractivity (Wildman–Crippen MR) is 227 cm³/mol. The van der Waals surface area contributed by atoms with E-state index in [4.69, 9.17) is 15.7 Å². The fourth-order valence-electron chi connectivity index (χ4n) is 8.81. The summed E-state index contributed by atoms with van der Waals surface area (Å²) in [4.78, 5) is 12.6. The van der Waals surface area contributed by atoms with Gasteiger partial charge in [-0.25, -0.2) is 9.97 Å². The quantitative estimate of drug-likeness (QED) is 0.184. The lowest BCUT2D eigenvalue weighted by Gasteiger charge is -2.40. The summed E-state index contributed by atoms with van der Waals surface area (Å²) >= 11 is 1.84. The van der Waals surface area contributed by atoms with Gasteiger partial charge in [0.05, 0.1) is 16.6 Å². The molecule has 0 fully saturated rings. The molecular formula is C51H33N3S. The van der Waals surface area contributed by atoms with Gasteiger partial charge in [0.15, 0.2) is 5.82 Å². The smallest absolute Gasteiger partial charge is 0.160 e. The maximum Gasteiger partial charge on any atom is 0.160 e. The number of fused-ring (bicyclic) bond motifs is 10. The Labute approximate surface area is 324 Å². The number of nitrogens with zero attached hydrogens (tertiary/aromatic N) is 2. The van der Waals surface area contributed by atoms with Crippen LogP contribution in [-0.4, -0.2) is 9.97 Å². The highest BCUT2D eigenvalue weighted by Gasteiger charge is 2.50. The first-order chi connectivity index (χ1) is 27.1. The van der Waals surface area contributed by atoms with Gasteiger partial charge in [-0.1, -0.05) is 157 Å². The van der Waals surface area contributed by atoms with Gasteiger partial charge in [-0.3, -0.25) is 0 Å². The average molecular weight is 720 g/mol. The zero-order chi connectivity index (χ0) is 36.5. The number of benzene rings is 8. The van der Waals surface area contributed by atoms with Crippen LogP contribution in [0.25, 0.3) is 66.9 Å². The first-order valence-electron chi connectivity index (χ1n) is 18.6. The van der Waals surface area contributed by atoms with Crippen LogP contribution >= 0.6 is 11.8 Å². The molecule has 2 aliphatic rings. The molecule has 1 aromatic heterocycles. The summed E-state index contributed by atoms with van der Waals surface area (Å²) in [6.45, 7) is 0. The van der Waals surface area contributed by atoms with Gasteiger partial charge in [0.1, 0.15) is 0 Å². The fraction of sp³-hybridized carbons (Fsp3) is 0.0196. The lowest BCUT2D eigenvalue weighted by molar-refractivity contribution is 0.723. The van der Waals surface area contributed by atoms with E-state index in [1.54, 1.807) is 0 Å². The zero-order valence-electron chi connectivity index (χ0n) is 29.8. The third-order valence-corrected chi connectivity index (χ3v) is 12.4. The van der Waals surface area contributed by atoms with Gasteiger partial charge in [0.2, 0.25) is 0 Å². The van der Waals surface area contributed by atoms with Crippen LogP contribution in [0.5, 0.6) is 0 Å². The Hall–Kier alpha value is -6.75. The van der Waals surface area contributed by atoms with Gasteiger partial charge in [0, 0.05) is 32.0 Å². The number of aromatic nitrogens is 2. The third kappa shape index (κ3) is 4.92. The summed E-state index contributed by atoms with van der Waals surface area (Å²) in [5.41, 5.74) is 23.2. The number of nitrogens with two attached hydrogens (primary N) is 1. The van der Waals surface area contributed by atoms with Crippen molar-refractivity contribution in [2.45, 2.75) is 15.2 Å². The molecule has 8 aromatic carbocycles. The molecule has 0 saturated carbocycles. The van der Waals surface area contributed by atoms with E-state index in [-0.39, 0.29) is 0 Å². The van der Waals surface area contributed by atoms with Crippen molar-refractivity contribution in [3.05, 3.63) is 210 Å². The van der Waals surface area contributed by atoms with Crippen molar-refractivity contribution in [1.82, 2.24) is 9.97 Å². The van der Waals surface area contributed by atoms with E-state index in [1.807, 2.05) is 36.0 Å². The second-order valence-corrected chi connectivity index (χ2v) is 15.4. The SMILES string of the molecule is Nc1ccc2c(c1)C1(c3cc(-c4cccc(-c5ccc(-c6nc(-c7ccccc7)c7ccccc7n6)cc5)c4)ccc3S2)c2ccccc2-c2ccccc21. The monoisotopic (exact) mass is 719 g/mol. The lowest BCUT2D eigenvalue weighted by atomic mass is 9.67. The molecule has 9 aromatic rings. The highest BCUT2D eigenvalue weighted by molar-refractivity contribution is 7.99. The van der Waals surface area contributed by atoms with Crippen LogP contribution < -0.4 is 5.73 Å². The lowest BCUT2D eigenvalue weighted by Crippen LogP contribution is -2.32. The molecule has 1 aliphatic carbocycles. The summed E-state index contributed by atoms with van der Waals surface area (Å²) in [6, 6.07) is 67.4. The largest absolute Gasteiger partial charge is 0.399 e. The molecule has 1 aliphatic heterocycles. The van der Waals surface area contributed by atoms with Gasteiger partial charge in [0.25, 0.3) is 0 Å². The number of nitrogen functional groups attached to an aromatic ring is 1. The van der Waals surface area contributed by atoms with E-state index in [0.29, 0.717) is 0 Å². The first kappa shape index (κ1) is 31.7. The Bertz CT molecular complexity index is 2920. The van der Waals surface area contributed by atoms with Crippen molar-refractivity contribution in [3.8, 4) is 56.0 Å².